The first-order valence-corrected chi connectivity index (χ1v) is 6.78. The quantitative estimate of drug-likeness (QED) is 0.477. The molecule has 20 heavy (non-hydrogen) atoms. The van der Waals surface area contributed by atoms with E-state index < -0.39 is 17.7 Å². The summed E-state index contributed by atoms with van der Waals surface area (Å²) in [5.74, 6) is -0.401. The molecule has 0 aromatic rings. The lowest BCUT2D eigenvalue weighted by atomic mass is 9.97. The van der Waals surface area contributed by atoms with Crippen LogP contribution >= 0.6 is 0 Å². The van der Waals surface area contributed by atoms with Crippen LogP contribution in [-0.2, 0) is 9.53 Å². The Bertz CT molecular complexity index is 321. The van der Waals surface area contributed by atoms with Gasteiger partial charge in [-0.1, -0.05) is 20.3 Å². The molecule has 0 radical (unpaired) electrons. The lowest BCUT2D eigenvalue weighted by Gasteiger charge is -2.27. The van der Waals surface area contributed by atoms with Crippen molar-refractivity contribution in [2.45, 2.75) is 45.3 Å². The average molecular weight is 289 g/mol. The van der Waals surface area contributed by atoms with E-state index in [1.54, 1.807) is 14.0 Å². The molecule has 3 atom stereocenters. The largest absolute Gasteiger partial charge is 0.388 e. The Balaban J connectivity index is 4.49. The van der Waals surface area contributed by atoms with Gasteiger partial charge in [-0.15, -0.1) is 0 Å². The molecule has 7 nitrogen and oxygen atoms in total. The van der Waals surface area contributed by atoms with Crippen LogP contribution in [0.1, 0.15) is 33.6 Å². The molecule has 7 heteroatoms. The zero-order valence-electron chi connectivity index (χ0n) is 12.7. The molecule has 0 fully saturated rings. The molecule has 118 valence electrons. The molecule has 0 rings (SSSR count). The summed E-state index contributed by atoms with van der Waals surface area (Å²) >= 11 is 0. The van der Waals surface area contributed by atoms with Gasteiger partial charge >= 0.3 is 6.03 Å². The molecule has 0 spiro atoms. The highest BCUT2D eigenvalue weighted by Crippen LogP contribution is 2.10. The molecule has 0 aliphatic heterocycles. The van der Waals surface area contributed by atoms with Crippen LogP contribution in [0, 0.1) is 5.92 Å². The molecular weight excluding hydrogens is 262 g/mol. The maximum Gasteiger partial charge on any atom is 0.312 e. The summed E-state index contributed by atoms with van der Waals surface area (Å²) in [5.41, 5.74) is 4.02. The maximum atomic E-state index is 12.1. The van der Waals surface area contributed by atoms with E-state index in [1.807, 2.05) is 13.8 Å². The number of primary amides is 1. The van der Waals surface area contributed by atoms with Crippen LogP contribution in [0.4, 0.5) is 4.79 Å². The molecule has 0 aliphatic carbocycles. The fraction of sp³-hybridized carbons (Fsp3) is 0.846. The van der Waals surface area contributed by atoms with E-state index >= 15 is 0 Å². The van der Waals surface area contributed by atoms with Gasteiger partial charge in [-0.25, -0.2) is 4.79 Å². The van der Waals surface area contributed by atoms with Gasteiger partial charge in [0.2, 0.25) is 5.91 Å². The molecule has 0 bridgehead atoms. The van der Waals surface area contributed by atoms with Crippen molar-refractivity contribution in [1.82, 2.24) is 10.6 Å². The van der Waals surface area contributed by atoms with Crippen molar-refractivity contribution < 1.29 is 19.4 Å². The number of hydrogen-bond donors (Lipinski definition) is 4. The summed E-state index contributed by atoms with van der Waals surface area (Å²) < 4.78 is 4.89. The number of nitrogens with one attached hydrogen (secondary N) is 2. The summed E-state index contributed by atoms with van der Waals surface area (Å²) in [7, 11) is 1.55. The second-order valence-electron chi connectivity index (χ2n) is 5.33. The fourth-order valence-electron chi connectivity index (χ4n) is 1.65. The summed E-state index contributed by atoms with van der Waals surface area (Å²) in [6.07, 6.45) is 1.12. The van der Waals surface area contributed by atoms with Gasteiger partial charge < -0.3 is 26.2 Å². The van der Waals surface area contributed by atoms with Gasteiger partial charge in [0.15, 0.2) is 0 Å². The van der Waals surface area contributed by atoms with E-state index in [9.17, 15) is 14.7 Å². The van der Waals surface area contributed by atoms with Gasteiger partial charge in [-0.05, 0) is 12.8 Å². The molecule has 5 N–H and O–H groups in total. The third-order valence-electron chi connectivity index (χ3n) is 3.28. The molecule has 0 heterocycles. The molecule has 3 unspecified atom stereocenters. The lowest BCUT2D eigenvalue weighted by Crippen LogP contribution is -2.54. The normalized spacial score (nSPS) is 16.9. The van der Waals surface area contributed by atoms with E-state index in [1.165, 1.54) is 0 Å². The van der Waals surface area contributed by atoms with Crippen molar-refractivity contribution >= 4 is 11.9 Å². The van der Waals surface area contributed by atoms with Crippen molar-refractivity contribution in [3.8, 4) is 0 Å². The zero-order valence-corrected chi connectivity index (χ0v) is 12.7. The van der Waals surface area contributed by atoms with Crippen molar-refractivity contribution in [3.05, 3.63) is 0 Å². The Labute approximate surface area is 120 Å². The lowest BCUT2D eigenvalue weighted by molar-refractivity contribution is -0.125. The van der Waals surface area contributed by atoms with Gasteiger partial charge in [0, 0.05) is 26.7 Å². The van der Waals surface area contributed by atoms with E-state index in [0.29, 0.717) is 13.0 Å². The van der Waals surface area contributed by atoms with Gasteiger partial charge in [0.05, 0.1) is 5.60 Å². The molecule has 0 aromatic heterocycles. The maximum absolute atomic E-state index is 12.1. The number of rotatable bonds is 9. The number of methoxy groups -OCH3 is 1. The first kappa shape index (κ1) is 18.7. The third-order valence-corrected chi connectivity index (χ3v) is 3.28. The van der Waals surface area contributed by atoms with Crippen molar-refractivity contribution in [2.75, 3.05) is 20.3 Å². The Hall–Kier alpha value is -1.34. The summed E-state index contributed by atoms with van der Waals surface area (Å²) in [5, 5.41) is 15.1. The Morgan fingerprint density at radius 3 is 2.50 bits per heavy atom. The minimum atomic E-state index is -1.06. The van der Waals surface area contributed by atoms with Crippen LogP contribution in [0.2, 0.25) is 0 Å². The van der Waals surface area contributed by atoms with Crippen LogP contribution in [0.5, 0.6) is 0 Å². The van der Waals surface area contributed by atoms with Gasteiger partial charge in [0.25, 0.3) is 0 Å². The SMILES string of the molecule is CCC(C)C(NC(N)=O)C(=O)NCC(C)(O)CCOC. The fourth-order valence-corrected chi connectivity index (χ4v) is 1.65. The first-order valence-electron chi connectivity index (χ1n) is 6.78. The number of nitrogens with two attached hydrogens (primary N) is 1. The molecule has 0 aliphatic rings. The van der Waals surface area contributed by atoms with E-state index in [2.05, 4.69) is 10.6 Å². The number of hydrogen-bond acceptors (Lipinski definition) is 4. The van der Waals surface area contributed by atoms with E-state index in [0.717, 1.165) is 6.42 Å². The van der Waals surface area contributed by atoms with Gasteiger partial charge in [0.1, 0.15) is 6.04 Å². The Morgan fingerprint density at radius 2 is 2.05 bits per heavy atom. The monoisotopic (exact) mass is 289 g/mol. The van der Waals surface area contributed by atoms with Crippen LogP contribution in [0.3, 0.4) is 0 Å². The minimum Gasteiger partial charge on any atom is -0.388 e. The molecule has 0 saturated carbocycles. The number of amides is 3. The predicted octanol–water partition coefficient (Wildman–Crippen LogP) is -0.0269. The standard InChI is InChI=1S/C13H27N3O4/c1-5-9(2)10(16-12(14)18)11(17)15-8-13(3,19)6-7-20-4/h9-10,19H,5-8H2,1-4H3,(H,15,17)(H3,14,16,18). The van der Waals surface area contributed by atoms with Crippen LogP contribution in [-0.4, -0.2) is 48.9 Å². The Morgan fingerprint density at radius 1 is 1.45 bits per heavy atom. The topological polar surface area (TPSA) is 114 Å². The number of ether oxygens (including phenoxy) is 1. The second-order valence-corrected chi connectivity index (χ2v) is 5.33. The van der Waals surface area contributed by atoms with Crippen molar-refractivity contribution in [3.63, 3.8) is 0 Å². The van der Waals surface area contributed by atoms with Crippen molar-refractivity contribution in [1.29, 1.82) is 0 Å². The van der Waals surface area contributed by atoms with Crippen LogP contribution < -0.4 is 16.4 Å². The third kappa shape index (κ3) is 7.30. The number of urea groups is 1. The van der Waals surface area contributed by atoms with Crippen molar-refractivity contribution in [2.24, 2.45) is 11.7 Å². The number of carbonyl (C=O) groups excluding carboxylic acids is 2. The smallest absolute Gasteiger partial charge is 0.312 e. The zero-order chi connectivity index (χ0) is 15.8. The second kappa shape index (κ2) is 8.76. The molecule has 0 aromatic carbocycles. The minimum absolute atomic E-state index is 0.0496. The van der Waals surface area contributed by atoms with Crippen LogP contribution in [0.25, 0.3) is 0 Å². The number of carbonyl (C=O) groups is 2. The summed E-state index contributed by atoms with van der Waals surface area (Å²) in [4.78, 5) is 23.0. The Kier molecular flexibility index (Phi) is 8.17. The van der Waals surface area contributed by atoms with E-state index in [-0.39, 0.29) is 18.4 Å². The van der Waals surface area contributed by atoms with Gasteiger partial charge in [-0.3, -0.25) is 4.79 Å². The highest BCUT2D eigenvalue weighted by Gasteiger charge is 2.27. The van der Waals surface area contributed by atoms with E-state index in [4.69, 9.17) is 10.5 Å². The van der Waals surface area contributed by atoms with Gasteiger partial charge in [-0.2, -0.15) is 0 Å². The van der Waals surface area contributed by atoms with Crippen LogP contribution in [0.15, 0.2) is 0 Å². The molecule has 3 amide bonds. The predicted molar refractivity (Wildman–Crippen MR) is 76.1 cm³/mol. The average Bonchev–Trinajstić information content (AvgIpc) is 2.39. The number of aliphatic hydroxyl groups is 1. The summed E-state index contributed by atoms with van der Waals surface area (Å²) in [6, 6.07) is -1.44. The highest BCUT2D eigenvalue weighted by molar-refractivity contribution is 5.86. The molecular formula is C13H27N3O4. The highest BCUT2D eigenvalue weighted by atomic mass is 16.5. The first-order chi connectivity index (χ1) is 9.23. The summed E-state index contributed by atoms with van der Waals surface area (Å²) in [6.45, 7) is 5.87. The molecule has 0 saturated heterocycles.